The van der Waals surface area contributed by atoms with Crippen LogP contribution < -0.4 is 5.32 Å². The molecular weight excluding hydrogens is 210 g/mol. The molecule has 0 aliphatic heterocycles. The lowest BCUT2D eigenvalue weighted by atomic mass is 9.78. The molecule has 2 heteroatoms. The minimum Gasteiger partial charge on any atom is -0.371 e. The van der Waals surface area contributed by atoms with Gasteiger partial charge >= 0.3 is 0 Å². The summed E-state index contributed by atoms with van der Waals surface area (Å²) in [7, 11) is 0. The standard InChI is InChI=1S/C15H29NO/c1-4-13(3)17-15(11-16-14-7-8-14)9-5-6-12(2)10-15/h12-14,16H,4-11H2,1-3H3. The molecule has 0 amide bonds. The highest BCUT2D eigenvalue weighted by molar-refractivity contribution is 4.93. The van der Waals surface area contributed by atoms with Crippen LogP contribution in [0.15, 0.2) is 0 Å². The number of nitrogens with one attached hydrogen (secondary N) is 1. The summed E-state index contributed by atoms with van der Waals surface area (Å²) in [5, 5.41) is 3.69. The molecule has 3 atom stereocenters. The van der Waals surface area contributed by atoms with Gasteiger partial charge in [-0.2, -0.15) is 0 Å². The van der Waals surface area contributed by atoms with E-state index in [9.17, 15) is 0 Å². The maximum Gasteiger partial charge on any atom is 0.0812 e. The summed E-state index contributed by atoms with van der Waals surface area (Å²) < 4.78 is 6.41. The Bertz CT molecular complexity index is 239. The minimum absolute atomic E-state index is 0.135. The van der Waals surface area contributed by atoms with Gasteiger partial charge in [-0.1, -0.05) is 26.7 Å². The topological polar surface area (TPSA) is 21.3 Å². The van der Waals surface area contributed by atoms with Crippen molar-refractivity contribution in [2.75, 3.05) is 6.54 Å². The van der Waals surface area contributed by atoms with Crippen LogP contribution in [0.4, 0.5) is 0 Å². The zero-order valence-electron chi connectivity index (χ0n) is 11.8. The molecule has 2 aliphatic rings. The summed E-state index contributed by atoms with van der Waals surface area (Å²) in [4.78, 5) is 0. The van der Waals surface area contributed by atoms with Gasteiger partial charge in [-0.05, 0) is 44.9 Å². The van der Waals surface area contributed by atoms with Crippen molar-refractivity contribution in [2.24, 2.45) is 5.92 Å². The number of rotatable bonds is 6. The zero-order chi connectivity index (χ0) is 12.3. The van der Waals surface area contributed by atoms with Crippen LogP contribution in [0, 0.1) is 5.92 Å². The molecule has 0 aromatic rings. The van der Waals surface area contributed by atoms with Crippen molar-refractivity contribution in [2.45, 2.75) is 83.5 Å². The predicted octanol–water partition coefficient (Wildman–Crippen LogP) is 3.50. The van der Waals surface area contributed by atoms with E-state index in [4.69, 9.17) is 4.74 Å². The molecule has 0 aromatic carbocycles. The van der Waals surface area contributed by atoms with Crippen molar-refractivity contribution in [1.82, 2.24) is 5.32 Å². The van der Waals surface area contributed by atoms with Gasteiger partial charge in [-0.25, -0.2) is 0 Å². The highest BCUT2D eigenvalue weighted by Crippen LogP contribution is 2.36. The SMILES string of the molecule is CCC(C)OC1(CNC2CC2)CCCC(C)C1. The first-order valence-electron chi connectivity index (χ1n) is 7.55. The smallest absolute Gasteiger partial charge is 0.0812 e. The normalized spacial score (nSPS) is 35.8. The monoisotopic (exact) mass is 239 g/mol. The molecule has 1 N–H and O–H groups in total. The Morgan fingerprint density at radius 2 is 2.12 bits per heavy atom. The third-order valence-electron chi connectivity index (χ3n) is 4.37. The molecule has 2 saturated carbocycles. The van der Waals surface area contributed by atoms with Crippen LogP contribution in [-0.4, -0.2) is 24.3 Å². The summed E-state index contributed by atoms with van der Waals surface area (Å²) in [6.45, 7) is 7.90. The molecule has 2 fully saturated rings. The Morgan fingerprint density at radius 1 is 1.35 bits per heavy atom. The fourth-order valence-electron chi connectivity index (χ4n) is 3.05. The van der Waals surface area contributed by atoms with Gasteiger partial charge in [0, 0.05) is 12.6 Å². The van der Waals surface area contributed by atoms with Crippen LogP contribution >= 0.6 is 0 Å². The lowest BCUT2D eigenvalue weighted by molar-refractivity contribution is -0.115. The summed E-state index contributed by atoms with van der Waals surface area (Å²) in [6, 6.07) is 0.796. The first-order chi connectivity index (χ1) is 8.13. The van der Waals surface area contributed by atoms with Gasteiger partial charge in [0.05, 0.1) is 11.7 Å². The number of hydrogen-bond acceptors (Lipinski definition) is 2. The van der Waals surface area contributed by atoms with Crippen LogP contribution in [0.5, 0.6) is 0 Å². The Hall–Kier alpha value is -0.0800. The van der Waals surface area contributed by atoms with Crippen molar-refractivity contribution in [3.63, 3.8) is 0 Å². The van der Waals surface area contributed by atoms with E-state index in [1.165, 1.54) is 38.5 Å². The molecule has 0 heterocycles. The Morgan fingerprint density at radius 3 is 2.71 bits per heavy atom. The van der Waals surface area contributed by atoms with Crippen LogP contribution in [-0.2, 0) is 4.74 Å². The predicted molar refractivity (Wildman–Crippen MR) is 72.2 cm³/mol. The van der Waals surface area contributed by atoms with Crippen LogP contribution in [0.3, 0.4) is 0 Å². The lowest BCUT2D eigenvalue weighted by Crippen LogP contribution is -2.48. The van der Waals surface area contributed by atoms with Crippen molar-refractivity contribution in [3.05, 3.63) is 0 Å². The average Bonchev–Trinajstić information content (AvgIpc) is 3.10. The van der Waals surface area contributed by atoms with Crippen molar-refractivity contribution >= 4 is 0 Å². The fraction of sp³-hybridized carbons (Fsp3) is 1.00. The van der Waals surface area contributed by atoms with Gasteiger partial charge in [0.25, 0.3) is 0 Å². The Kier molecular flexibility index (Phi) is 4.48. The molecule has 0 saturated heterocycles. The molecule has 0 spiro atoms. The van der Waals surface area contributed by atoms with E-state index >= 15 is 0 Å². The van der Waals surface area contributed by atoms with Gasteiger partial charge in [0.2, 0.25) is 0 Å². The van der Waals surface area contributed by atoms with Gasteiger partial charge in [0.15, 0.2) is 0 Å². The molecule has 2 rings (SSSR count). The Balaban J connectivity index is 1.92. The average molecular weight is 239 g/mol. The first-order valence-corrected chi connectivity index (χ1v) is 7.55. The molecule has 17 heavy (non-hydrogen) atoms. The molecule has 2 aliphatic carbocycles. The highest BCUT2D eigenvalue weighted by Gasteiger charge is 2.38. The third-order valence-corrected chi connectivity index (χ3v) is 4.37. The fourth-order valence-corrected chi connectivity index (χ4v) is 3.05. The maximum absolute atomic E-state index is 6.41. The molecule has 2 nitrogen and oxygen atoms in total. The van der Waals surface area contributed by atoms with Gasteiger partial charge in [-0.15, -0.1) is 0 Å². The van der Waals surface area contributed by atoms with E-state index in [-0.39, 0.29) is 5.60 Å². The van der Waals surface area contributed by atoms with Crippen LogP contribution in [0.1, 0.15) is 65.7 Å². The largest absolute Gasteiger partial charge is 0.371 e. The zero-order valence-corrected chi connectivity index (χ0v) is 11.8. The van der Waals surface area contributed by atoms with E-state index in [1.54, 1.807) is 0 Å². The van der Waals surface area contributed by atoms with Gasteiger partial charge in [0.1, 0.15) is 0 Å². The molecule has 3 unspecified atom stereocenters. The molecular formula is C15H29NO. The van der Waals surface area contributed by atoms with Crippen LogP contribution in [0.25, 0.3) is 0 Å². The first kappa shape index (κ1) is 13.4. The van der Waals surface area contributed by atoms with Gasteiger partial charge < -0.3 is 10.1 Å². The van der Waals surface area contributed by atoms with E-state index in [0.717, 1.165) is 24.9 Å². The molecule has 0 radical (unpaired) electrons. The minimum atomic E-state index is 0.135. The third kappa shape index (κ3) is 3.96. The maximum atomic E-state index is 6.41. The van der Waals surface area contributed by atoms with Gasteiger partial charge in [-0.3, -0.25) is 0 Å². The van der Waals surface area contributed by atoms with Crippen molar-refractivity contribution < 1.29 is 4.74 Å². The van der Waals surface area contributed by atoms with Crippen LogP contribution in [0.2, 0.25) is 0 Å². The van der Waals surface area contributed by atoms with Crippen molar-refractivity contribution in [3.8, 4) is 0 Å². The summed E-state index contributed by atoms with van der Waals surface area (Å²) >= 11 is 0. The van der Waals surface area contributed by atoms with Crippen molar-refractivity contribution in [1.29, 1.82) is 0 Å². The second kappa shape index (κ2) is 5.71. The summed E-state index contributed by atoms with van der Waals surface area (Å²) in [6.07, 6.45) is 9.49. The second-order valence-corrected chi connectivity index (χ2v) is 6.38. The number of ether oxygens (including phenoxy) is 1. The van der Waals surface area contributed by atoms with E-state index < -0.39 is 0 Å². The summed E-state index contributed by atoms with van der Waals surface area (Å²) in [5.74, 6) is 0.828. The van der Waals surface area contributed by atoms with E-state index in [2.05, 4.69) is 26.1 Å². The lowest BCUT2D eigenvalue weighted by Gasteiger charge is -2.42. The van der Waals surface area contributed by atoms with E-state index in [1.807, 2.05) is 0 Å². The highest BCUT2D eigenvalue weighted by atomic mass is 16.5. The quantitative estimate of drug-likeness (QED) is 0.766. The molecule has 100 valence electrons. The summed E-state index contributed by atoms with van der Waals surface area (Å²) in [5.41, 5.74) is 0.135. The molecule has 0 aromatic heterocycles. The Labute approximate surface area is 107 Å². The number of hydrogen-bond donors (Lipinski definition) is 1. The second-order valence-electron chi connectivity index (χ2n) is 6.38. The van der Waals surface area contributed by atoms with E-state index in [0.29, 0.717) is 6.10 Å². The molecule has 0 bridgehead atoms.